The van der Waals surface area contributed by atoms with Crippen LogP contribution in [-0.4, -0.2) is 44.1 Å². The topological polar surface area (TPSA) is 66.5 Å². The molecule has 1 aliphatic heterocycles. The average molecular weight is 326 g/mol. The molecule has 2 fully saturated rings. The van der Waals surface area contributed by atoms with Gasteiger partial charge >= 0.3 is 0 Å². The lowest BCUT2D eigenvalue weighted by Gasteiger charge is -2.33. The number of nitrogens with one attached hydrogen (secondary N) is 1. The minimum absolute atomic E-state index is 0.142. The van der Waals surface area contributed by atoms with E-state index in [1.54, 1.807) is 24.0 Å². The summed E-state index contributed by atoms with van der Waals surface area (Å²) in [5, 5.41) is 0. The Morgan fingerprint density at radius 2 is 2.09 bits per heavy atom. The van der Waals surface area contributed by atoms with Crippen molar-refractivity contribution in [3.63, 3.8) is 0 Å². The molecule has 0 unspecified atom stereocenters. The fourth-order valence-corrected chi connectivity index (χ4v) is 4.36. The van der Waals surface area contributed by atoms with E-state index in [2.05, 4.69) is 4.72 Å². The monoisotopic (exact) mass is 326 g/mol. The number of amides is 1. The minimum atomic E-state index is -3.30. The normalized spacial score (nSPS) is 27.4. The quantitative estimate of drug-likeness (QED) is 0.910. The van der Waals surface area contributed by atoms with Crippen molar-refractivity contribution in [1.82, 2.24) is 9.62 Å². The molecule has 1 N–H and O–H groups in total. The van der Waals surface area contributed by atoms with Gasteiger partial charge in [-0.1, -0.05) is 6.07 Å². The first kappa shape index (κ1) is 15.4. The predicted molar refractivity (Wildman–Crippen MR) is 80.5 cm³/mol. The SMILES string of the molecule is Cc1ccc(C(=O)N2C[C@@H]3C[C@H](NS(C)(=O)=O)[C@H]2C3)cc1F. The number of benzene rings is 1. The highest BCUT2D eigenvalue weighted by Crippen LogP contribution is 2.38. The predicted octanol–water partition coefficient (Wildman–Crippen LogP) is 1.29. The number of piperidine rings is 1. The molecule has 0 spiro atoms. The molecular weight excluding hydrogens is 307 g/mol. The standard InChI is InChI=1S/C15H19FN2O3S/c1-9-3-4-11(7-12(9)16)15(19)18-8-10-5-13(14(18)6-10)17-22(2,20)21/h3-4,7,10,13-14,17H,5-6,8H2,1-2H3/t10-,13+,14-/m1/s1. The van der Waals surface area contributed by atoms with Crippen LogP contribution in [0.25, 0.3) is 0 Å². The zero-order valence-corrected chi connectivity index (χ0v) is 13.4. The van der Waals surface area contributed by atoms with Gasteiger partial charge < -0.3 is 4.90 Å². The van der Waals surface area contributed by atoms with Crippen LogP contribution in [0.15, 0.2) is 18.2 Å². The van der Waals surface area contributed by atoms with Crippen molar-refractivity contribution < 1.29 is 17.6 Å². The van der Waals surface area contributed by atoms with Crippen LogP contribution in [0.1, 0.15) is 28.8 Å². The number of likely N-dealkylation sites (tertiary alicyclic amines) is 1. The maximum Gasteiger partial charge on any atom is 0.254 e. The van der Waals surface area contributed by atoms with Crippen LogP contribution in [0.5, 0.6) is 0 Å². The van der Waals surface area contributed by atoms with Crippen molar-refractivity contribution in [2.24, 2.45) is 5.92 Å². The zero-order valence-electron chi connectivity index (χ0n) is 12.5. The second kappa shape index (κ2) is 5.31. The maximum atomic E-state index is 13.7. The van der Waals surface area contributed by atoms with E-state index >= 15 is 0 Å². The number of carbonyl (C=O) groups is 1. The number of carbonyl (C=O) groups excluding carboxylic acids is 1. The molecule has 0 aromatic heterocycles. The highest BCUT2D eigenvalue weighted by Gasteiger charge is 2.47. The van der Waals surface area contributed by atoms with Gasteiger partial charge in [-0.3, -0.25) is 4.79 Å². The first-order valence-corrected chi connectivity index (χ1v) is 9.18. The highest BCUT2D eigenvalue weighted by molar-refractivity contribution is 7.88. The van der Waals surface area contributed by atoms with E-state index in [-0.39, 0.29) is 18.0 Å². The molecule has 1 aliphatic carbocycles. The fraction of sp³-hybridized carbons (Fsp3) is 0.533. The molecule has 3 rings (SSSR count). The molecule has 2 bridgehead atoms. The van der Waals surface area contributed by atoms with E-state index in [4.69, 9.17) is 0 Å². The van der Waals surface area contributed by atoms with E-state index in [9.17, 15) is 17.6 Å². The average Bonchev–Trinajstić information content (AvgIpc) is 2.98. The Hall–Kier alpha value is -1.47. The summed E-state index contributed by atoms with van der Waals surface area (Å²) in [6.07, 6.45) is 2.68. The third kappa shape index (κ3) is 2.87. The van der Waals surface area contributed by atoms with Crippen LogP contribution < -0.4 is 4.72 Å². The fourth-order valence-electron chi connectivity index (χ4n) is 3.55. The van der Waals surface area contributed by atoms with Gasteiger partial charge in [-0.15, -0.1) is 0 Å². The molecule has 1 aromatic carbocycles. The lowest BCUT2D eigenvalue weighted by molar-refractivity contribution is 0.0677. The summed E-state index contributed by atoms with van der Waals surface area (Å²) >= 11 is 0. The van der Waals surface area contributed by atoms with E-state index in [0.717, 1.165) is 19.1 Å². The zero-order chi connectivity index (χ0) is 16.1. The van der Waals surface area contributed by atoms with Crippen molar-refractivity contribution in [3.8, 4) is 0 Å². The van der Waals surface area contributed by atoms with Crippen LogP contribution in [0.2, 0.25) is 0 Å². The smallest absolute Gasteiger partial charge is 0.254 e. The highest BCUT2D eigenvalue weighted by atomic mass is 32.2. The van der Waals surface area contributed by atoms with Gasteiger partial charge in [-0.2, -0.15) is 0 Å². The third-order valence-electron chi connectivity index (χ3n) is 4.53. The Balaban J connectivity index is 1.80. The Bertz CT molecular complexity index is 719. The van der Waals surface area contributed by atoms with E-state index in [1.807, 2.05) is 0 Å². The Kier molecular flexibility index (Phi) is 3.72. The largest absolute Gasteiger partial charge is 0.334 e. The Morgan fingerprint density at radius 1 is 1.36 bits per heavy atom. The van der Waals surface area contributed by atoms with Crippen LogP contribution in [0, 0.1) is 18.7 Å². The van der Waals surface area contributed by atoms with Gasteiger partial charge in [0, 0.05) is 24.2 Å². The van der Waals surface area contributed by atoms with Crippen molar-refractivity contribution >= 4 is 15.9 Å². The molecule has 1 amide bonds. The molecule has 3 atom stereocenters. The molecule has 7 heteroatoms. The van der Waals surface area contributed by atoms with Crippen molar-refractivity contribution in [3.05, 3.63) is 35.1 Å². The third-order valence-corrected chi connectivity index (χ3v) is 5.26. The summed E-state index contributed by atoms with van der Waals surface area (Å²) in [5.74, 6) is -0.323. The summed E-state index contributed by atoms with van der Waals surface area (Å²) in [6, 6.07) is 4.07. The number of sulfonamides is 1. The van der Waals surface area contributed by atoms with E-state index in [0.29, 0.717) is 23.6 Å². The number of hydrogen-bond donors (Lipinski definition) is 1. The maximum absolute atomic E-state index is 13.7. The first-order chi connectivity index (χ1) is 10.2. The van der Waals surface area contributed by atoms with Gasteiger partial charge in [-0.25, -0.2) is 17.5 Å². The minimum Gasteiger partial charge on any atom is -0.334 e. The number of nitrogens with zero attached hydrogens (tertiary/aromatic N) is 1. The van der Waals surface area contributed by atoms with Gasteiger partial charge in [-0.05, 0) is 43.4 Å². The first-order valence-electron chi connectivity index (χ1n) is 7.29. The summed E-state index contributed by atoms with van der Waals surface area (Å²) in [6.45, 7) is 2.26. The molecule has 0 radical (unpaired) electrons. The number of hydrogen-bond acceptors (Lipinski definition) is 3. The second-order valence-corrected chi connectivity index (χ2v) is 8.10. The van der Waals surface area contributed by atoms with Crippen LogP contribution in [0.3, 0.4) is 0 Å². The van der Waals surface area contributed by atoms with E-state index in [1.165, 1.54) is 6.07 Å². The van der Waals surface area contributed by atoms with Crippen LogP contribution in [-0.2, 0) is 10.0 Å². The van der Waals surface area contributed by atoms with Gasteiger partial charge in [0.1, 0.15) is 5.82 Å². The lowest BCUT2D eigenvalue weighted by atomic mass is 10.0. The molecule has 1 saturated heterocycles. The van der Waals surface area contributed by atoms with Crippen molar-refractivity contribution in [2.75, 3.05) is 12.8 Å². The van der Waals surface area contributed by atoms with Crippen molar-refractivity contribution in [1.29, 1.82) is 0 Å². The second-order valence-electron chi connectivity index (χ2n) is 6.32. The van der Waals surface area contributed by atoms with Crippen LogP contribution in [0.4, 0.5) is 4.39 Å². The molecule has 120 valence electrons. The number of halogens is 1. The number of fused-ring (bicyclic) bond motifs is 2. The summed E-state index contributed by atoms with van der Waals surface area (Å²) in [7, 11) is -3.30. The van der Waals surface area contributed by atoms with Gasteiger partial charge in [0.15, 0.2) is 0 Å². The number of rotatable bonds is 3. The Labute approximate surface area is 129 Å². The van der Waals surface area contributed by atoms with Gasteiger partial charge in [0.25, 0.3) is 5.91 Å². The van der Waals surface area contributed by atoms with Crippen LogP contribution >= 0.6 is 0 Å². The molecule has 22 heavy (non-hydrogen) atoms. The van der Waals surface area contributed by atoms with Gasteiger partial charge in [0.2, 0.25) is 10.0 Å². The summed E-state index contributed by atoms with van der Waals surface area (Å²) in [5.41, 5.74) is 0.810. The lowest BCUT2D eigenvalue weighted by Crippen LogP contribution is -2.51. The molecule has 1 heterocycles. The molecular formula is C15H19FN2O3S. The van der Waals surface area contributed by atoms with E-state index < -0.39 is 15.8 Å². The number of aryl methyl sites for hydroxylation is 1. The Morgan fingerprint density at radius 3 is 2.68 bits per heavy atom. The molecule has 1 aromatic rings. The van der Waals surface area contributed by atoms with Crippen molar-refractivity contribution in [2.45, 2.75) is 31.8 Å². The molecule has 2 aliphatic rings. The van der Waals surface area contributed by atoms with Gasteiger partial charge in [0.05, 0.1) is 6.26 Å². The molecule has 1 saturated carbocycles. The molecule has 5 nitrogen and oxygen atoms in total. The summed E-state index contributed by atoms with van der Waals surface area (Å²) < 4.78 is 39.1. The summed E-state index contributed by atoms with van der Waals surface area (Å²) in [4.78, 5) is 14.3.